The van der Waals surface area contributed by atoms with Crippen molar-refractivity contribution >= 4 is 37.9 Å². The summed E-state index contributed by atoms with van der Waals surface area (Å²) in [6.45, 7) is 4.62. The van der Waals surface area contributed by atoms with Crippen LogP contribution in [0.4, 0.5) is 5.95 Å². The number of ether oxygens (including phenoxy) is 1. The zero-order chi connectivity index (χ0) is 24.0. The second-order valence-electron chi connectivity index (χ2n) is 9.42. The first-order valence-electron chi connectivity index (χ1n) is 12.0. The van der Waals surface area contributed by atoms with Crippen LogP contribution < -0.4 is 4.90 Å². The van der Waals surface area contributed by atoms with E-state index in [9.17, 15) is 8.42 Å². The molecule has 11 heteroatoms. The molecule has 0 spiro atoms. The number of aromatic amines is 1. The Balaban J connectivity index is 1.37. The lowest BCUT2D eigenvalue weighted by molar-refractivity contribution is 0.122. The number of benzene rings is 1. The molecule has 35 heavy (non-hydrogen) atoms. The third-order valence-corrected chi connectivity index (χ3v) is 8.38. The highest BCUT2D eigenvalue weighted by molar-refractivity contribution is 7.88. The number of hydrogen-bond acceptors (Lipinski definition) is 7. The second kappa shape index (κ2) is 8.89. The monoisotopic (exact) mass is 495 g/mol. The lowest BCUT2D eigenvalue weighted by Gasteiger charge is -2.30. The molecule has 0 unspecified atom stereocenters. The fourth-order valence-electron chi connectivity index (χ4n) is 5.07. The van der Waals surface area contributed by atoms with Gasteiger partial charge in [0.05, 0.1) is 36.7 Å². The quantitative estimate of drug-likeness (QED) is 0.453. The topological polar surface area (TPSA) is 109 Å². The number of sulfonamides is 1. The number of nitrogens with zero attached hydrogens (tertiary/aromatic N) is 6. The first kappa shape index (κ1) is 22.4. The number of fused-ring (bicyclic) bond motifs is 2. The van der Waals surface area contributed by atoms with Crippen molar-refractivity contribution in [1.29, 1.82) is 0 Å². The average Bonchev–Trinajstić information content (AvgIpc) is 3.50. The molecule has 5 heterocycles. The minimum Gasteiger partial charge on any atom is -0.378 e. The molecule has 2 fully saturated rings. The van der Waals surface area contributed by atoms with Gasteiger partial charge in [0.25, 0.3) is 0 Å². The van der Waals surface area contributed by atoms with Gasteiger partial charge in [0.1, 0.15) is 0 Å². The van der Waals surface area contributed by atoms with E-state index in [1.165, 1.54) is 6.26 Å². The number of aromatic nitrogens is 5. The first-order chi connectivity index (χ1) is 17.0. The molecule has 4 aromatic rings. The number of rotatable bonds is 5. The van der Waals surface area contributed by atoms with E-state index in [0.29, 0.717) is 44.7 Å². The van der Waals surface area contributed by atoms with Crippen molar-refractivity contribution < 1.29 is 13.2 Å². The van der Waals surface area contributed by atoms with Gasteiger partial charge in [0, 0.05) is 50.0 Å². The van der Waals surface area contributed by atoms with Gasteiger partial charge in [-0.3, -0.25) is 0 Å². The van der Waals surface area contributed by atoms with Crippen molar-refractivity contribution in [2.75, 3.05) is 50.5 Å². The van der Waals surface area contributed by atoms with Crippen LogP contribution in [0.15, 0.2) is 36.7 Å². The zero-order valence-electron chi connectivity index (χ0n) is 19.7. The van der Waals surface area contributed by atoms with Crippen LogP contribution in [0.1, 0.15) is 12.8 Å². The number of nitrogens with one attached hydrogen (secondary N) is 1. The van der Waals surface area contributed by atoms with Gasteiger partial charge >= 0.3 is 0 Å². The summed E-state index contributed by atoms with van der Waals surface area (Å²) < 4.78 is 32.8. The van der Waals surface area contributed by atoms with E-state index in [4.69, 9.17) is 19.8 Å². The summed E-state index contributed by atoms with van der Waals surface area (Å²) in [5.41, 5.74) is 3.76. The molecule has 0 aliphatic carbocycles. The summed E-state index contributed by atoms with van der Waals surface area (Å²) in [4.78, 5) is 15.4. The minimum absolute atomic E-state index is 0.344. The number of morpholine rings is 1. The predicted molar refractivity (Wildman–Crippen MR) is 135 cm³/mol. The summed E-state index contributed by atoms with van der Waals surface area (Å²) in [7, 11) is -3.14. The van der Waals surface area contributed by atoms with Gasteiger partial charge in [-0.05, 0) is 36.3 Å². The smallest absolute Gasteiger partial charge is 0.228 e. The van der Waals surface area contributed by atoms with E-state index in [-0.39, 0.29) is 0 Å². The SMILES string of the molecule is CS(=O)(=O)N1CCC(Cn2ncc3c(-c4ccc5cc[nH]c5c4)nc(N4CCOCC4)nc32)CC1. The van der Waals surface area contributed by atoms with E-state index in [2.05, 4.69) is 34.1 Å². The number of piperidine rings is 1. The molecule has 0 atom stereocenters. The van der Waals surface area contributed by atoms with Crippen LogP contribution in [0.2, 0.25) is 0 Å². The predicted octanol–water partition coefficient (Wildman–Crippen LogP) is 2.48. The summed E-state index contributed by atoms with van der Waals surface area (Å²) in [6.07, 6.45) is 6.71. The van der Waals surface area contributed by atoms with Gasteiger partial charge in [-0.25, -0.2) is 22.4 Å². The molecule has 2 aliphatic heterocycles. The van der Waals surface area contributed by atoms with E-state index in [0.717, 1.165) is 59.1 Å². The van der Waals surface area contributed by atoms with Crippen molar-refractivity contribution in [3.05, 3.63) is 36.7 Å². The maximum absolute atomic E-state index is 11.9. The van der Waals surface area contributed by atoms with Crippen LogP contribution in [-0.4, -0.2) is 83.1 Å². The van der Waals surface area contributed by atoms with Gasteiger partial charge < -0.3 is 14.6 Å². The first-order valence-corrected chi connectivity index (χ1v) is 13.9. The third kappa shape index (κ3) is 4.39. The lowest BCUT2D eigenvalue weighted by atomic mass is 9.98. The zero-order valence-corrected chi connectivity index (χ0v) is 20.5. The van der Waals surface area contributed by atoms with E-state index in [1.807, 2.05) is 17.1 Å². The summed E-state index contributed by atoms with van der Waals surface area (Å²) >= 11 is 0. The molecule has 3 aromatic heterocycles. The maximum Gasteiger partial charge on any atom is 0.228 e. The molecule has 0 amide bonds. The van der Waals surface area contributed by atoms with Crippen LogP contribution >= 0.6 is 0 Å². The van der Waals surface area contributed by atoms with Gasteiger partial charge in [-0.15, -0.1) is 0 Å². The summed E-state index contributed by atoms with van der Waals surface area (Å²) in [6, 6.07) is 8.38. The molecular formula is C24H29N7O3S. The van der Waals surface area contributed by atoms with Crippen molar-refractivity contribution in [2.45, 2.75) is 19.4 Å². The van der Waals surface area contributed by atoms with Gasteiger partial charge in [-0.2, -0.15) is 10.1 Å². The third-order valence-electron chi connectivity index (χ3n) is 7.08. The van der Waals surface area contributed by atoms with Crippen molar-refractivity contribution in [3.8, 4) is 11.3 Å². The Kier molecular flexibility index (Phi) is 5.70. The Morgan fingerprint density at radius 3 is 2.66 bits per heavy atom. The van der Waals surface area contributed by atoms with Gasteiger partial charge in [-0.1, -0.05) is 12.1 Å². The molecule has 10 nitrogen and oxygen atoms in total. The summed E-state index contributed by atoms with van der Waals surface area (Å²) in [5.74, 6) is 1.03. The van der Waals surface area contributed by atoms with Gasteiger partial charge in [0.2, 0.25) is 16.0 Å². The second-order valence-corrected chi connectivity index (χ2v) is 11.4. The van der Waals surface area contributed by atoms with Gasteiger partial charge in [0.15, 0.2) is 5.65 Å². The molecule has 0 bridgehead atoms. The molecule has 1 aromatic carbocycles. The Labute approximate surface area is 204 Å². The fraction of sp³-hybridized carbons (Fsp3) is 0.458. The molecular weight excluding hydrogens is 466 g/mol. The minimum atomic E-state index is -3.14. The van der Waals surface area contributed by atoms with Crippen molar-refractivity contribution in [3.63, 3.8) is 0 Å². The molecule has 2 saturated heterocycles. The Morgan fingerprint density at radius 1 is 1.09 bits per heavy atom. The van der Waals surface area contributed by atoms with Crippen LogP contribution in [0, 0.1) is 5.92 Å². The van der Waals surface area contributed by atoms with E-state index in [1.54, 1.807) is 4.31 Å². The number of anilines is 1. The van der Waals surface area contributed by atoms with Crippen LogP contribution in [0.25, 0.3) is 33.2 Å². The van der Waals surface area contributed by atoms with Crippen LogP contribution in [-0.2, 0) is 21.3 Å². The van der Waals surface area contributed by atoms with Crippen LogP contribution in [0.5, 0.6) is 0 Å². The van der Waals surface area contributed by atoms with Crippen LogP contribution in [0.3, 0.4) is 0 Å². The maximum atomic E-state index is 11.9. The Morgan fingerprint density at radius 2 is 1.89 bits per heavy atom. The Bertz CT molecular complexity index is 1470. The van der Waals surface area contributed by atoms with E-state index < -0.39 is 10.0 Å². The van der Waals surface area contributed by atoms with E-state index >= 15 is 0 Å². The highest BCUT2D eigenvalue weighted by Gasteiger charge is 2.26. The molecule has 1 N–H and O–H groups in total. The molecule has 0 saturated carbocycles. The lowest BCUT2D eigenvalue weighted by Crippen LogP contribution is -2.38. The molecule has 184 valence electrons. The summed E-state index contributed by atoms with van der Waals surface area (Å²) in [5, 5.41) is 6.79. The van der Waals surface area contributed by atoms with Crippen molar-refractivity contribution in [1.82, 2.24) is 29.0 Å². The molecule has 2 aliphatic rings. The standard InChI is InChI=1S/C24H29N7O3S/c1-35(32,33)30-8-5-17(6-9-30)16-31-23-20(15-26-31)22(19-3-2-18-4-7-25-21(18)14-19)27-24(28-23)29-10-12-34-13-11-29/h2-4,7,14-15,17,25H,5-6,8-13,16H2,1H3. The highest BCUT2D eigenvalue weighted by Crippen LogP contribution is 2.31. The average molecular weight is 496 g/mol. The normalized spacial score (nSPS) is 18.6. The number of hydrogen-bond donors (Lipinski definition) is 1. The fourth-order valence-corrected chi connectivity index (χ4v) is 5.94. The molecule has 0 radical (unpaired) electrons. The molecule has 6 rings (SSSR count). The highest BCUT2D eigenvalue weighted by atomic mass is 32.2. The number of H-pyrrole nitrogens is 1. The van der Waals surface area contributed by atoms with Crippen molar-refractivity contribution in [2.24, 2.45) is 5.92 Å². The largest absolute Gasteiger partial charge is 0.378 e. The Hall–Kier alpha value is -3.02.